The Morgan fingerprint density at radius 3 is 2.20 bits per heavy atom. The second-order valence-electron chi connectivity index (χ2n) is 5.01. The summed E-state index contributed by atoms with van der Waals surface area (Å²) in [7, 11) is 1.82. The molecule has 2 unspecified atom stereocenters. The van der Waals surface area contributed by atoms with Crippen LogP contribution in [0.3, 0.4) is 0 Å². The first-order chi connectivity index (χ1) is 7.00. The average molecular weight is 215 g/mol. The van der Waals surface area contributed by atoms with Crippen molar-refractivity contribution in [1.82, 2.24) is 5.32 Å². The summed E-state index contributed by atoms with van der Waals surface area (Å²) in [5.41, 5.74) is -0.0283. The van der Waals surface area contributed by atoms with Gasteiger partial charge in [-0.3, -0.25) is 0 Å². The number of ether oxygens (including phenoxy) is 1. The lowest BCUT2D eigenvalue weighted by atomic mass is 9.87. The third-order valence-electron chi connectivity index (χ3n) is 3.25. The molecule has 0 saturated heterocycles. The van der Waals surface area contributed by atoms with Gasteiger partial charge < -0.3 is 10.1 Å². The summed E-state index contributed by atoms with van der Waals surface area (Å²) < 4.78 is 5.68. The zero-order valence-corrected chi connectivity index (χ0v) is 11.4. The maximum Gasteiger partial charge on any atom is 0.0800 e. The highest BCUT2D eigenvalue weighted by Crippen LogP contribution is 2.24. The van der Waals surface area contributed by atoms with Gasteiger partial charge in [-0.1, -0.05) is 27.7 Å². The van der Waals surface area contributed by atoms with Crippen LogP contribution in [0.1, 0.15) is 53.9 Å². The van der Waals surface area contributed by atoms with E-state index >= 15 is 0 Å². The Bertz CT molecular complexity index is 153. The van der Waals surface area contributed by atoms with Crippen LogP contribution in [0, 0.1) is 5.92 Å². The van der Waals surface area contributed by atoms with Crippen LogP contribution >= 0.6 is 0 Å². The van der Waals surface area contributed by atoms with E-state index in [4.69, 9.17) is 4.74 Å². The lowest BCUT2D eigenvalue weighted by Gasteiger charge is -2.37. The van der Waals surface area contributed by atoms with Gasteiger partial charge in [0.25, 0.3) is 0 Å². The molecular formula is C13H29NO. The molecule has 0 heterocycles. The van der Waals surface area contributed by atoms with Crippen LogP contribution in [0.25, 0.3) is 0 Å². The topological polar surface area (TPSA) is 21.3 Å². The summed E-state index contributed by atoms with van der Waals surface area (Å²) in [4.78, 5) is 0. The van der Waals surface area contributed by atoms with Gasteiger partial charge in [-0.25, -0.2) is 0 Å². The van der Waals surface area contributed by atoms with Crippen LogP contribution in [-0.4, -0.2) is 25.3 Å². The molecule has 0 aliphatic heterocycles. The van der Waals surface area contributed by atoms with Gasteiger partial charge in [0.1, 0.15) is 0 Å². The molecule has 1 N–H and O–H groups in total. The van der Waals surface area contributed by atoms with Crippen molar-refractivity contribution in [3.05, 3.63) is 0 Å². The normalized spacial score (nSPS) is 17.8. The van der Waals surface area contributed by atoms with Crippen molar-refractivity contribution >= 4 is 0 Å². The Kier molecular flexibility index (Phi) is 7.20. The molecule has 0 fully saturated rings. The van der Waals surface area contributed by atoms with Crippen LogP contribution in [0.2, 0.25) is 0 Å². The molecule has 0 rings (SSSR count). The van der Waals surface area contributed by atoms with E-state index in [2.05, 4.69) is 39.9 Å². The van der Waals surface area contributed by atoms with E-state index in [0.29, 0.717) is 12.0 Å². The predicted molar refractivity (Wildman–Crippen MR) is 67.2 cm³/mol. The number of rotatable bonds is 8. The van der Waals surface area contributed by atoms with E-state index in [-0.39, 0.29) is 5.60 Å². The number of hydrogen-bond donors (Lipinski definition) is 1. The van der Waals surface area contributed by atoms with Crippen LogP contribution in [-0.2, 0) is 4.74 Å². The minimum Gasteiger partial charge on any atom is -0.377 e. The third-order valence-corrected chi connectivity index (χ3v) is 3.25. The fourth-order valence-corrected chi connectivity index (χ4v) is 1.87. The third kappa shape index (κ3) is 4.98. The molecule has 0 aromatic carbocycles. The fraction of sp³-hybridized carbons (Fsp3) is 1.00. The molecular weight excluding hydrogens is 186 g/mol. The second kappa shape index (κ2) is 7.24. The average Bonchev–Trinajstić information content (AvgIpc) is 2.22. The smallest absolute Gasteiger partial charge is 0.0800 e. The van der Waals surface area contributed by atoms with E-state index in [0.717, 1.165) is 13.0 Å². The molecule has 0 aliphatic rings. The Morgan fingerprint density at radius 2 is 1.87 bits per heavy atom. The van der Waals surface area contributed by atoms with Crippen LogP contribution in [0.4, 0.5) is 0 Å². The van der Waals surface area contributed by atoms with Crippen molar-refractivity contribution in [3.63, 3.8) is 0 Å². The maximum atomic E-state index is 5.68. The van der Waals surface area contributed by atoms with Crippen molar-refractivity contribution in [2.45, 2.75) is 65.5 Å². The minimum absolute atomic E-state index is 0.0283. The number of hydrogen-bond acceptors (Lipinski definition) is 2. The van der Waals surface area contributed by atoms with E-state index < -0.39 is 0 Å². The monoisotopic (exact) mass is 215 g/mol. The Hall–Kier alpha value is -0.0800. The molecule has 92 valence electrons. The molecule has 0 amide bonds. The summed E-state index contributed by atoms with van der Waals surface area (Å²) in [6, 6.07) is 0.465. The first kappa shape index (κ1) is 14.9. The molecule has 0 saturated carbocycles. The lowest BCUT2D eigenvalue weighted by Crippen LogP contribution is -2.50. The molecule has 0 radical (unpaired) electrons. The molecule has 2 nitrogen and oxygen atoms in total. The molecule has 2 atom stereocenters. The highest BCUT2D eigenvalue weighted by Gasteiger charge is 2.32. The van der Waals surface area contributed by atoms with Crippen molar-refractivity contribution in [1.29, 1.82) is 0 Å². The Balaban J connectivity index is 4.43. The molecule has 2 heteroatoms. The van der Waals surface area contributed by atoms with Gasteiger partial charge in [0.2, 0.25) is 0 Å². The number of methoxy groups -OCH3 is 1. The standard InChI is InChI=1S/C13H29NO/c1-7-9-14-12(10-11(3)4)13(5,8-2)15-6/h11-12,14H,7-10H2,1-6H3. The quantitative estimate of drug-likeness (QED) is 0.671. The lowest BCUT2D eigenvalue weighted by molar-refractivity contribution is -0.0339. The van der Waals surface area contributed by atoms with Gasteiger partial charge in [-0.05, 0) is 38.6 Å². The van der Waals surface area contributed by atoms with Crippen LogP contribution < -0.4 is 5.32 Å². The summed E-state index contributed by atoms with van der Waals surface area (Å²) in [6.45, 7) is 12.2. The van der Waals surface area contributed by atoms with Gasteiger partial charge in [0, 0.05) is 13.2 Å². The second-order valence-corrected chi connectivity index (χ2v) is 5.01. The first-order valence-corrected chi connectivity index (χ1v) is 6.28. The van der Waals surface area contributed by atoms with E-state index in [1.807, 2.05) is 7.11 Å². The fourth-order valence-electron chi connectivity index (χ4n) is 1.87. The van der Waals surface area contributed by atoms with Crippen LogP contribution in [0.15, 0.2) is 0 Å². The van der Waals surface area contributed by atoms with Crippen molar-refractivity contribution in [2.75, 3.05) is 13.7 Å². The van der Waals surface area contributed by atoms with E-state index in [1.165, 1.54) is 12.8 Å². The molecule has 0 bridgehead atoms. The summed E-state index contributed by atoms with van der Waals surface area (Å²) in [5, 5.41) is 3.62. The van der Waals surface area contributed by atoms with E-state index in [1.54, 1.807) is 0 Å². The summed E-state index contributed by atoms with van der Waals surface area (Å²) in [5.74, 6) is 0.709. The molecule has 0 aromatic rings. The van der Waals surface area contributed by atoms with Crippen molar-refractivity contribution < 1.29 is 4.74 Å². The zero-order chi connectivity index (χ0) is 11.9. The first-order valence-electron chi connectivity index (χ1n) is 6.28. The SMILES string of the molecule is CCCNC(CC(C)C)C(C)(CC)OC. The largest absolute Gasteiger partial charge is 0.377 e. The Morgan fingerprint density at radius 1 is 1.27 bits per heavy atom. The minimum atomic E-state index is -0.0283. The Labute approximate surface area is 95.8 Å². The zero-order valence-electron chi connectivity index (χ0n) is 11.4. The van der Waals surface area contributed by atoms with Gasteiger partial charge in [0.15, 0.2) is 0 Å². The molecule has 0 aliphatic carbocycles. The predicted octanol–water partition coefficient (Wildman–Crippen LogP) is 3.22. The van der Waals surface area contributed by atoms with Gasteiger partial charge in [-0.2, -0.15) is 0 Å². The molecule has 15 heavy (non-hydrogen) atoms. The van der Waals surface area contributed by atoms with Crippen molar-refractivity contribution in [2.24, 2.45) is 5.92 Å². The van der Waals surface area contributed by atoms with Crippen LogP contribution in [0.5, 0.6) is 0 Å². The molecule has 0 spiro atoms. The summed E-state index contributed by atoms with van der Waals surface area (Å²) in [6.07, 6.45) is 3.41. The number of nitrogens with one attached hydrogen (secondary N) is 1. The highest BCUT2D eigenvalue weighted by atomic mass is 16.5. The maximum absolute atomic E-state index is 5.68. The van der Waals surface area contributed by atoms with E-state index in [9.17, 15) is 0 Å². The molecule has 0 aromatic heterocycles. The van der Waals surface area contributed by atoms with Crippen molar-refractivity contribution in [3.8, 4) is 0 Å². The summed E-state index contributed by atoms with van der Waals surface area (Å²) >= 11 is 0. The van der Waals surface area contributed by atoms with Gasteiger partial charge >= 0.3 is 0 Å². The highest BCUT2D eigenvalue weighted by molar-refractivity contribution is 4.88. The van der Waals surface area contributed by atoms with Gasteiger partial charge in [-0.15, -0.1) is 0 Å². The van der Waals surface area contributed by atoms with Gasteiger partial charge in [0.05, 0.1) is 5.60 Å².